The van der Waals surface area contributed by atoms with Crippen molar-refractivity contribution in [3.05, 3.63) is 46.5 Å². The van der Waals surface area contributed by atoms with Crippen LogP contribution in [0, 0.1) is 11.3 Å². The number of allylic oxidation sites excluding steroid dienone is 1. The number of benzene rings is 1. The lowest BCUT2D eigenvalue weighted by Crippen LogP contribution is -2.21. The highest BCUT2D eigenvalue weighted by Crippen LogP contribution is 2.44. The Kier molecular flexibility index (Phi) is 5.03. The van der Waals surface area contributed by atoms with Gasteiger partial charge in [0.15, 0.2) is 11.5 Å². The van der Waals surface area contributed by atoms with Gasteiger partial charge in [-0.25, -0.2) is 0 Å². The van der Waals surface area contributed by atoms with Crippen molar-refractivity contribution in [1.82, 2.24) is 10.2 Å². The number of aromatic nitrogens is 2. The van der Waals surface area contributed by atoms with Crippen molar-refractivity contribution in [1.29, 1.82) is 5.26 Å². The topological polar surface area (TPSA) is 123 Å². The van der Waals surface area contributed by atoms with E-state index in [0.717, 1.165) is 29.7 Å². The predicted molar refractivity (Wildman–Crippen MR) is 96.2 cm³/mol. The zero-order valence-corrected chi connectivity index (χ0v) is 15.3. The lowest BCUT2D eigenvalue weighted by Gasteiger charge is -2.24. The quantitative estimate of drug-likeness (QED) is 0.614. The number of aryl methyl sites for hydroxylation is 1. The Balaban J connectivity index is 2.16. The number of esters is 1. The monoisotopic (exact) mass is 368 g/mol. The first-order chi connectivity index (χ1) is 13.0. The molecule has 0 fully saturated rings. The van der Waals surface area contributed by atoms with Gasteiger partial charge in [0.25, 0.3) is 0 Å². The molecule has 27 heavy (non-hydrogen) atoms. The molecule has 0 saturated carbocycles. The van der Waals surface area contributed by atoms with Crippen molar-refractivity contribution < 1.29 is 19.0 Å². The highest BCUT2D eigenvalue weighted by Gasteiger charge is 2.35. The third-order valence-electron chi connectivity index (χ3n) is 4.29. The minimum atomic E-state index is -0.459. The van der Waals surface area contributed by atoms with E-state index in [9.17, 15) is 10.1 Å². The van der Waals surface area contributed by atoms with Crippen molar-refractivity contribution in [3.63, 3.8) is 0 Å². The fourth-order valence-electron chi connectivity index (χ4n) is 3.19. The van der Waals surface area contributed by atoms with E-state index in [4.69, 9.17) is 19.9 Å². The van der Waals surface area contributed by atoms with Crippen LogP contribution < -0.4 is 19.9 Å². The van der Waals surface area contributed by atoms with Crippen LogP contribution in [0.4, 0.5) is 0 Å². The maximum absolute atomic E-state index is 11.3. The molecule has 3 N–H and O–H groups in total. The number of nitrogens with one attached hydrogen (secondary N) is 1. The molecule has 8 nitrogen and oxygen atoms in total. The van der Waals surface area contributed by atoms with Crippen LogP contribution in [0.15, 0.2) is 29.7 Å². The maximum Gasteiger partial charge on any atom is 0.308 e. The molecule has 1 aromatic heterocycles. The molecule has 0 spiro atoms. The highest BCUT2D eigenvalue weighted by molar-refractivity contribution is 5.70. The van der Waals surface area contributed by atoms with E-state index < -0.39 is 11.9 Å². The molecule has 8 heteroatoms. The Morgan fingerprint density at radius 2 is 2.22 bits per heavy atom. The number of methoxy groups -OCH3 is 1. The van der Waals surface area contributed by atoms with Crippen molar-refractivity contribution in [2.24, 2.45) is 5.73 Å². The summed E-state index contributed by atoms with van der Waals surface area (Å²) in [6, 6.07) is 7.28. The Morgan fingerprint density at radius 1 is 1.44 bits per heavy atom. The maximum atomic E-state index is 11.3. The van der Waals surface area contributed by atoms with Gasteiger partial charge in [0.05, 0.1) is 13.0 Å². The summed E-state index contributed by atoms with van der Waals surface area (Å²) in [4.78, 5) is 11.3. The summed E-state index contributed by atoms with van der Waals surface area (Å²) < 4.78 is 16.1. The summed E-state index contributed by atoms with van der Waals surface area (Å²) in [7, 11) is 1.48. The number of ether oxygens (including phenoxy) is 3. The van der Waals surface area contributed by atoms with Gasteiger partial charge in [-0.2, -0.15) is 5.26 Å². The molecule has 140 valence electrons. The molecule has 0 aliphatic carbocycles. The number of fused-ring (bicyclic) bond motifs is 1. The number of hydrogen-bond donors (Lipinski definition) is 2. The molecule has 2 heterocycles. The van der Waals surface area contributed by atoms with Crippen LogP contribution in [0.25, 0.3) is 0 Å². The van der Waals surface area contributed by atoms with E-state index in [1.807, 2.05) is 0 Å². The molecule has 0 amide bonds. The second-order valence-corrected chi connectivity index (χ2v) is 6.10. The van der Waals surface area contributed by atoms with Gasteiger partial charge in [-0.1, -0.05) is 19.4 Å². The van der Waals surface area contributed by atoms with E-state index in [2.05, 4.69) is 23.2 Å². The second-order valence-electron chi connectivity index (χ2n) is 6.10. The molecule has 0 radical (unpaired) electrons. The highest BCUT2D eigenvalue weighted by atomic mass is 16.6. The van der Waals surface area contributed by atoms with E-state index in [1.54, 1.807) is 18.2 Å². The molecular formula is C19H20N4O4. The smallest absolute Gasteiger partial charge is 0.308 e. The molecule has 1 aliphatic heterocycles. The summed E-state index contributed by atoms with van der Waals surface area (Å²) >= 11 is 0. The SMILES string of the molecule is CCCc1[nH]nc2c1C(c1ccc(OC(C)=O)c(OC)c1)C(C#N)=C(N)O2. The molecule has 0 bridgehead atoms. The summed E-state index contributed by atoms with van der Waals surface area (Å²) in [5.41, 5.74) is 8.68. The number of rotatable bonds is 5. The standard InChI is InChI=1S/C19H20N4O4/c1-4-5-13-17-16(12(9-20)18(21)27-19(17)23-22-13)11-6-7-14(26-10(2)24)15(8-11)25-3/h6-8,16H,4-5,21H2,1-3H3,(H,22,23). The second kappa shape index (κ2) is 7.41. The number of hydrogen-bond acceptors (Lipinski definition) is 7. The number of carbonyl (C=O) groups excluding carboxylic acids is 1. The fraction of sp³-hybridized carbons (Fsp3) is 0.316. The molecule has 1 aliphatic rings. The van der Waals surface area contributed by atoms with E-state index >= 15 is 0 Å². The summed E-state index contributed by atoms with van der Waals surface area (Å²) in [6.07, 6.45) is 1.65. The Morgan fingerprint density at radius 3 is 2.85 bits per heavy atom. The van der Waals surface area contributed by atoms with Gasteiger partial charge in [-0.3, -0.25) is 9.89 Å². The van der Waals surface area contributed by atoms with E-state index in [1.165, 1.54) is 14.0 Å². The van der Waals surface area contributed by atoms with Gasteiger partial charge in [0, 0.05) is 18.2 Å². The van der Waals surface area contributed by atoms with Crippen LogP contribution in [-0.4, -0.2) is 23.3 Å². The molecule has 1 atom stereocenters. The number of aromatic amines is 1. The van der Waals surface area contributed by atoms with Crippen LogP contribution in [0.5, 0.6) is 17.4 Å². The molecule has 1 unspecified atom stereocenters. The number of H-pyrrole nitrogens is 1. The third-order valence-corrected chi connectivity index (χ3v) is 4.29. The first-order valence-corrected chi connectivity index (χ1v) is 8.51. The largest absolute Gasteiger partial charge is 0.493 e. The number of carbonyl (C=O) groups is 1. The average Bonchev–Trinajstić information content (AvgIpc) is 3.03. The molecule has 0 saturated heterocycles. The Labute approximate surface area is 156 Å². The van der Waals surface area contributed by atoms with Gasteiger partial charge < -0.3 is 19.9 Å². The molecule has 3 rings (SSSR count). The summed E-state index contributed by atoms with van der Waals surface area (Å²) in [6.45, 7) is 3.37. The van der Waals surface area contributed by atoms with Crippen molar-refractivity contribution in [2.45, 2.75) is 32.6 Å². The molecule has 1 aromatic carbocycles. The van der Waals surface area contributed by atoms with Gasteiger partial charge in [-0.05, 0) is 24.1 Å². The Bertz CT molecular complexity index is 955. The lowest BCUT2D eigenvalue weighted by molar-refractivity contribution is -0.132. The van der Waals surface area contributed by atoms with E-state index in [0.29, 0.717) is 23.0 Å². The van der Waals surface area contributed by atoms with Crippen LogP contribution in [-0.2, 0) is 11.2 Å². The van der Waals surface area contributed by atoms with Gasteiger partial charge >= 0.3 is 5.97 Å². The zero-order valence-electron chi connectivity index (χ0n) is 15.3. The number of nitrogens with zero attached hydrogens (tertiary/aromatic N) is 2. The van der Waals surface area contributed by atoms with Crippen LogP contribution in [0.1, 0.15) is 43.0 Å². The average molecular weight is 368 g/mol. The molecule has 2 aromatic rings. The first-order valence-electron chi connectivity index (χ1n) is 8.51. The zero-order chi connectivity index (χ0) is 19.6. The normalized spacial score (nSPS) is 15.6. The van der Waals surface area contributed by atoms with Crippen molar-refractivity contribution >= 4 is 5.97 Å². The van der Waals surface area contributed by atoms with Gasteiger partial charge in [-0.15, -0.1) is 5.10 Å². The fourth-order valence-corrected chi connectivity index (χ4v) is 3.19. The number of nitrogens with two attached hydrogens (primary N) is 1. The van der Waals surface area contributed by atoms with Crippen molar-refractivity contribution in [2.75, 3.05) is 7.11 Å². The third kappa shape index (κ3) is 3.31. The number of nitriles is 1. The molecular weight excluding hydrogens is 348 g/mol. The van der Waals surface area contributed by atoms with Crippen molar-refractivity contribution in [3.8, 4) is 23.4 Å². The first kappa shape index (κ1) is 18.3. The summed E-state index contributed by atoms with van der Waals surface area (Å²) in [5, 5.41) is 16.9. The summed E-state index contributed by atoms with van der Waals surface area (Å²) in [5.74, 6) is 0.163. The van der Waals surface area contributed by atoms with Crippen LogP contribution >= 0.6 is 0 Å². The lowest BCUT2D eigenvalue weighted by atomic mass is 9.83. The van der Waals surface area contributed by atoms with E-state index in [-0.39, 0.29) is 5.88 Å². The Hall–Kier alpha value is -3.47. The predicted octanol–water partition coefficient (Wildman–Crippen LogP) is 2.51. The minimum absolute atomic E-state index is 0.0209. The minimum Gasteiger partial charge on any atom is -0.493 e. The van der Waals surface area contributed by atoms with Crippen LogP contribution in [0.2, 0.25) is 0 Å². The van der Waals surface area contributed by atoms with Gasteiger partial charge in [0.2, 0.25) is 11.8 Å². The van der Waals surface area contributed by atoms with Crippen LogP contribution in [0.3, 0.4) is 0 Å². The van der Waals surface area contributed by atoms with Gasteiger partial charge in [0.1, 0.15) is 11.6 Å².